The Morgan fingerprint density at radius 3 is 2.31 bits per heavy atom. The molecule has 5 nitrogen and oxygen atoms in total. The number of methoxy groups -OCH3 is 1. The van der Waals surface area contributed by atoms with E-state index in [2.05, 4.69) is 28.2 Å². The average Bonchev–Trinajstić information content (AvgIpc) is 2.80. The molecular weight excluding hydrogens is 488 g/mol. The molecule has 174 valence electrons. The third-order valence-electron chi connectivity index (χ3n) is 5.13. The molecule has 0 fully saturated rings. The summed E-state index contributed by atoms with van der Waals surface area (Å²) in [5.41, 5.74) is 2.13. The van der Waals surface area contributed by atoms with Crippen LogP contribution in [0.5, 0.6) is 5.75 Å². The van der Waals surface area contributed by atoms with Crippen molar-refractivity contribution in [1.82, 2.24) is 10.2 Å². The van der Waals surface area contributed by atoms with Crippen molar-refractivity contribution >= 4 is 39.5 Å². The highest BCUT2D eigenvalue weighted by molar-refractivity contribution is 9.10. The fourth-order valence-electron chi connectivity index (χ4n) is 3.27. The smallest absolute Gasteiger partial charge is 0.242 e. The van der Waals surface area contributed by atoms with E-state index in [9.17, 15) is 9.59 Å². The SMILES string of the molecule is CCCCNC(=O)[C@H](CC)N(Cc1ccc(OC)cc1)C(=O)CSCc1ccc(Br)cc1. The first kappa shape index (κ1) is 26.3. The summed E-state index contributed by atoms with van der Waals surface area (Å²) in [6, 6.07) is 15.2. The minimum Gasteiger partial charge on any atom is -0.497 e. The van der Waals surface area contributed by atoms with E-state index in [4.69, 9.17) is 4.74 Å². The number of rotatable bonds is 13. The van der Waals surface area contributed by atoms with Crippen LogP contribution in [0.4, 0.5) is 0 Å². The number of thioether (sulfide) groups is 1. The van der Waals surface area contributed by atoms with E-state index in [1.165, 1.54) is 0 Å². The number of nitrogens with zero attached hydrogens (tertiary/aromatic N) is 1. The first-order chi connectivity index (χ1) is 15.5. The second kappa shape index (κ2) is 14.2. The molecule has 32 heavy (non-hydrogen) atoms. The third-order valence-corrected chi connectivity index (χ3v) is 6.65. The zero-order valence-electron chi connectivity index (χ0n) is 19.1. The van der Waals surface area contributed by atoms with Gasteiger partial charge in [-0.05, 0) is 48.2 Å². The van der Waals surface area contributed by atoms with Crippen molar-refractivity contribution in [3.05, 3.63) is 64.1 Å². The quantitative estimate of drug-likeness (QED) is 0.358. The van der Waals surface area contributed by atoms with Crippen molar-refractivity contribution in [2.75, 3.05) is 19.4 Å². The Morgan fingerprint density at radius 2 is 1.72 bits per heavy atom. The number of hydrogen-bond donors (Lipinski definition) is 1. The molecule has 0 unspecified atom stereocenters. The summed E-state index contributed by atoms with van der Waals surface area (Å²) in [4.78, 5) is 27.8. The van der Waals surface area contributed by atoms with Crippen molar-refractivity contribution in [1.29, 1.82) is 0 Å². The molecule has 0 aromatic heterocycles. The molecule has 1 N–H and O–H groups in total. The average molecular weight is 522 g/mol. The van der Waals surface area contributed by atoms with Gasteiger partial charge in [0, 0.05) is 23.3 Å². The van der Waals surface area contributed by atoms with Gasteiger partial charge in [0.05, 0.1) is 12.9 Å². The fourth-order valence-corrected chi connectivity index (χ4v) is 4.41. The number of amides is 2. The van der Waals surface area contributed by atoms with Crippen LogP contribution in [0.25, 0.3) is 0 Å². The van der Waals surface area contributed by atoms with Gasteiger partial charge in [-0.15, -0.1) is 11.8 Å². The highest BCUT2D eigenvalue weighted by atomic mass is 79.9. The maximum absolute atomic E-state index is 13.2. The second-order valence-corrected chi connectivity index (χ2v) is 9.46. The van der Waals surface area contributed by atoms with E-state index in [1.54, 1.807) is 23.8 Å². The standard InChI is InChI=1S/C25H33BrN2O3S/c1-4-6-15-27-25(30)23(5-2)28(16-19-9-13-22(31-3)14-10-19)24(29)18-32-17-20-7-11-21(26)12-8-20/h7-14,23H,4-6,15-18H2,1-3H3,(H,27,30)/t23-/m0/s1. The summed E-state index contributed by atoms with van der Waals surface area (Å²) in [5.74, 6) is 1.72. The molecule has 0 bridgehead atoms. The largest absolute Gasteiger partial charge is 0.497 e. The Labute approximate surface area is 204 Å². The summed E-state index contributed by atoms with van der Waals surface area (Å²) in [6.07, 6.45) is 2.51. The summed E-state index contributed by atoms with van der Waals surface area (Å²) in [7, 11) is 1.63. The van der Waals surface area contributed by atoms with Gasteiger partial charge in [0.2, 0.25) is 11.8 Å². The Bertz CT molecular complexity index is 843. The number of nitrogens with one attached hydrogen (secondary N) is 1. The first-order valence-corrected chi connectivity index (χ1v) is 13.0. The normalized spacial score (nSPS) is 11.6. The molecule has 0 aliphatic rings. The molecule has 0 saturated carbocycles. The number of hydrogen-bond acceptors (Lipinski definition) is 4. The van der Waals surface area contributed by atoms with Gasteiger partial charge in [0.15, 0.2) is 0 Å². The Morgan fingerprint density at radius 1 is 1.06 bits per heavy atom. The summed E-state index contributed by atoms with van der Waals surface area (Å²) in [6.45, 7) is 5.06. The predicted octanol–water partition coefficient (Wildman–Crippen LogP) is 5.41. The maximum Gasteiger partial charge on any atom is 0.242 e. The molecule has 1 atom stereocenters. The van der Waals surface area contributed by atoms with Gasteiger partial charge >= 0.3 is 0 Å². The van der Waals surface area contributed by atoms with Crippen molar-refractivity contribution < 1.29 is 14.3 Å². The van der Waals surface area contributed by atoms with Gasteiger partial charge in [0.25, 0.3) is 0 Å². The monoisotopic (exact) mass is 520 g/mol. The van der Waals surface area contributed by atoms with Gasteiger partial charge in [-0.2, -0.15) is 0 Å². The summed E-state index contributed by atoms with van der Waals surface area (Å²) >= 11 is 5.01. The molecule has 2 aromatic rings. The second-order valence-electron chi connectivity index (χ2n) is 7.56. The highest BCUT2D eigenvalue weighted by Gasteiger charge is 2.28. The number of carbonyl (C=O) groups is 2. The molecule has 0 spiro atoms. The number of carbonyl (C=O) groups excluding carboxylic acids is 2. The minimum absolute atomic E-state index is 0.0274. The molecule has 0 radical (unpaired) electrons. The lowest BCUT2D eigenvalue weighted by atomic mass is 10.1. The molecule has 0 aliphatic heterocycles. The molecule has 0 saturated heterocycles. The van der Waals surface area contributed by atoms with Crippen LogP contribution < -0.4 is 10.1 Å². The van der Waals surface area contributed by atoms with E-state index in [1.807, 2.05) is 55.5 Å². The molecule has 2 rings (SSSR count). The lowest BCUT2D eigenvalue weighted by Gasteiger charge is -2.30. The van der Waals surface area contributed by atoms with Crippen LogP contribution >= 0.6 is 27.7 Å². The van der Waals surface area contributed by atoms with Gasteiger partial charge in [0.1, 0.15) is 11.8 Å². The van der Waals surface area contributed by atoms with E-state index in [0.29, 0.717) is 25.3 Å². The number of halogens is 1. The van der Waals surface area contributed by atoms with Crippen LogP contribution in [0.15, 0.2) is 53.0 Å². The van der Waals surface area contributed by atoms with Crippen molar-refractivity contribution in [2.24, 2.45) is 0 Å². The van der Waals surface area contributed by atoms with Crippen LogP contribution in [0.3, 0.4) is 0 Å². The first-order valence-electron chi connectivity index (χ1n) is 11.0. The number of benzene rings is 2. The van der Waals surface area contributed by atoms with Gasteiger partial charge in [-0.1, -0.05) is 60.5 Å². The van der Waals surface area contributed by atoms with Crippen LogP contribution in [0.1, 0.15) is 44.2 Å². The van der Waals surface area contributed by atoms with E-state index >= 15 is 0 Å². The lowest BCUT2D eigenvalue weighted by Crippen LogP contribution is -2.49. The van der Waals surface area contributed by atoms with Crippen LogP contribution in [0, 0.1) is 0 Å². The molecule has 0 aliphatic carbocycles. The van der Waals surface area contributed by atoms with Crippen molar-refractivity contribution in [2.45, 2.75) is 51.4 Å². The molecule has 0 heterocycles. The fraction of sp³-hybridized carbons (Fsp3) is 0.440. The highest BCUT2D eigenvalue weighted by Crippen LogP contribution is 2.20. The lowest BCUT2D eigenvalue weighted by molar-refractivity contribution is -0.139. The van der Waals surface area contributed by atoms with Crippen molar-refractivity contribution in [3.8, 4) is 5.75 Å². The van der Waals surface area contributed by atoms with Gasteiger partial charge in [-0.25, -0.2) is 0 Å². The molecule has 2 aromatic carbocycles. The number of unbranched alkanes of at least 4 members (excludes halogenated alkanes) is 1. The minimum atomic E-state index is -0.491. The predicted molar refractivity (Wildman–Crippen MR) is 136 cm³/mol. The van der Waals surface area contributed by atoms with Crippen LogP contribution in [0.2, 0.25) is 0 Å². The van der Waals surface area contributed by atoms with E-state index in [-0.39, 0.29) is 11.8 Å². The maximum atomic E-state index is 13.2. The zero-order chi connectivity index (χ0) is 23.3. The van der Waals surface area contributed by atoms with E-state index < -0.39 is 6.04 Å². The summed E-state index contributed by atoms with van der Waals surface area (Å²) in [5, 5.41) is 3.00. The number of ether oxygens (including phenoxy) is 1. The van der Waals surface area contributed by atoms with E-state index in [0.717, 1.165) is 39.9 Å². The van der Waals surface area contributed by atoms with Gasteiger partial charge < -0.3 is 15.0 Å². The summed E-state index contributed by atoms with van der Waals surface area (Å²) < 4.78 is 6.27. The topological polar surface area (TPSA) is 58.6 Å². The van der Waals surface area contributed by atoms with Crippen molar-refractivity contribution in [3.63, 3.8) is 0 Å². The van der Waals surface area contributed by atoms with Crippen LogP contribution in [-0.4, -0.2) is 42.2 Å². The Balaban J connectivity index is 2.09. The Hall–Kier alpha value is -1.99. The Kier molecular flexibility index (Phi) is 11.7. The third kappa shape index (κ3) is 8.51. The zero-order valence-corrected chi connectivity index (χ0v) is 21.5. The molecule has 2 amide bonds. The molecular formula is C25H33BrN2O3S. The molecule has 7 heteroatoms. The van der Waals surface area contributed by atoms with Crippen LogP contribution in [-0.2, 0) is 21.9 Å². The van der Waals surface area contributed by atoms with Gasteiger partial charge in [-0.3, -0.25) is 9.59 Å².